The second-order valence-electron chi connectivity index (χ2n) is 4.29. The Hall–Kier alpha value is -1.59. The van der Waals surface area contributed by atoms with Gasteiger partial charge in [0.05, 0.1) is 11.6 Å². The summed E-state index contributed by atoms with van der Waals surface area (Å²) in [6.07, 6.45) is 0. The summed E-state index contributed by atoms with van der Waals surface area (Å²) in [7, 11) is 0. The minimum atomic E-state index is -1.11. The molecule has 18 heavy (non-hydrogen) atoms. The molecule has 0 aliphatic rings. The van der Waals surface area contributed by atoms with Crippen LogP contribution in [0.3, 0.4) is 0 Å². The van der Waals surface area contributed by atoms with Crippen molar-refractivity contribution in [2.24, 2.45) is 11.7 Å². The quantitative estimate of drug-likeness (QED) is 0.780. The van der Waals surface area contributed by atoms with Crippen LogP contribution in [-0.2, 0) is 4.79 Å². The summed E-state index contributed by atoms with van der Waals surface area (Å²) in [4.78, 5) is 22.6. The van der Waals surface area contributed by atoms with Crippen LogP contribution in [0, 0.1) is 5.92 Å². The average Bonchev–Trinajstić information content (AvgIpc) is 2.26. The molecule has 0 radical (unpaired) electrons. The summed E-state index contributed by atoms with van der Waals surface area (Å²) < 4.78 is 0. The molecular weight excluding hydrogens is 256 g/mol. The zero-order chi connectivity index (χ0) is 13.9. The van der Waals surface area contributed by atoms with Gasteiger partial charge in [-0.15, -0.1) is 0 Å². The Morgan fingerprint density at radius 2 is 1.94 bits per heavy atom. The van der Waals surface area contributed by atoms with Crippen molar-refractivity contribution in [3.8, 4) is 0 Å². The molecule has 0 aliphatic heterocycles. The standard InChI is InChI=1S/C12H15ClN2O3/c1-6(2)10(14)11(16)15-9-4-7(12(17)18)3-8(13)5-9/h3-6,10H,14H2,1-2H3,(H,15,16)(H,17,18)/t10-/m1/s1. The molecule has 1 atom stereocenters. The molecule has 5 nitrogen and oxygen atoms in total. The van der Waals surface area contributed by atoms with E-state index >= 15 is 0 Å². The van der Waals surface area contributed by atoms with Crippen LogP contribution in [0.4, 0.5) is 5.69 Å². The molecule has 1 aromatic rings. The third-order valence-electron chi connectivity index (χ3n) is 2.43. The predicted molar refractivity (Wildman–Crippen MR) is 69.9 cm³/mol. The number of hydrogen-bond acceptors (Lipinski definition) is 3. The molecule has 0 aromatic heterocycles. The van der Waals surface area contributed by atoms with Crippen molar-refractivity contribution >= 4 is 29.2 Å². The third-order valence-corrected chi connectivity index (χ3v) is 2.65. The number of aromatic carboxylic acids is 1. The molecule has 1 aromatic carbocycles. The lowest BCUT2D eigenvalue weighted by atomic mass is 10.0. The fraction of sp³-hybridized carbons (Fsp3) is 0.333. The zero-order valence-corrected chi connectivity index (χ0v) is 10.9. The molecule has 1 amide bonds. The first kappa shape index (κ1) is 14.5. The number of carboxylic acid groups (broad SMARTS) is 1. The summed E-state index contributed by atoms with van der Waals surface area (Å²) in [5.74, 6) is -1.49. The molecule has 0 aliphatic carbocycles. The minimum absolute atomic E-state index is 0.0101. The highest BCUT2D eigenvalue weighted by molar-refractivity contribution is 6.31. The van der Waals surface area contributed by atoms with Gasteiger partial charge in [-0.25, -0.2) is 4.79 Å². The van der Waals surface area contributed by atoms with Crippen LogP contribution in [0.5, 0.6) is 0 Å². The minimum Gasteiger partial charge on any atom is -0.478 e. The van der Waals surface area contributed by atoms with Crippen molar-refractivity contribution in [1.29, 1.82) is 0 Å². The summed E-state index contributed by atoms with van der Waals surface area (Å²) in [5.41, 5.74) is 6.01. The summed E-state index contributed by atoms with van der Waals surface area (Å²) in [6.45, 7) is 3.65. The monoisotopic (exact) mass is 270 g/mol. The number of nitrogens with two attached hydrogens (primary N) is 1. The molecule has 1 rings (SSSR count). The molecule has 0 fully saturated rings. The maximum absolute atomic E-state index is 11.7. The lowest BCUT2D eigenvalue weighted by Crippen LogP contribution is -2.39. The highest BCUT2D eigenvalue weighted by Gasteiger charge is 2.17. The van der Waals surface area contributed by atoms with Crippen LogP contribution in [0.25, 0.3) is 0 Å². The number of nitrogens with one attached hydrogen (secondary N) is 1. The smallest absolute Gasteiger partial charge is 0.335 e. The van der Waals surface area contributed by atoms with E-state index in [2.05, 4.69) is 5.32 Å². The number of hydrogen-bond donors (Lipinski definition) is 3. The van der Waals surface area contributed by atoms with Crippen LogP contribution in [0.1, 0.15) is 24.2 Å². The normalized spacial score (nSPS) is 12.3. The van der Waals surface area contributed by atoms with Gasteiger partial charge in [-0.2, -0.15) is 0 Å². The molecule has 4 N–H and O–H groups in total. The van der Waals surface area contributed by atoms with Gasteiger partial charge < -0.3 is 16.2 Å². The lowest BCUT2D eigenvalue weighted by Gasteiger charge is -2.15. The SMILES string of the molecule is CC(C)[C@@H](N)C(=O)Nc1cc(Cl)cc(C(=O)O)c1. The third kappa shape index (κ3) is 3.72. The first-order valence-corrected chi connectivity index (χ1v) is 5.79. The largest absolute Gasteiger partial charge is 0.478 e. The van der Waals surface area contributed by atoms with Gasteiger partial charge in [-0.05, 0) is 24.1 Å². The molecule has 0 saturated carbocycles. The Bertz CT molecular complexity index is 474. The van der Waals surface area contributed by atoms with Crippen molar-refractivity contribution in [2.45, 2.75) is 19.9 Å². The number of carboxylic acids is 1. The summed E-state index contributed by atoms with van der Waals surface area (Å²) in [6, 6.07) is 3.46. The lowest BCUT2D eigenvalue weighted by molar-refractivity contribution is -0.118. The Labute approximate surface area is 110 Å². The first-order valence-electron chi connectivity index (χ1n) is 5.41. The Kier molecular flexibility index (Phi) is 4.69. The van der Waals surface area contributed by atoms with Crippen molar-refractivity contribution in [3.63, 3.8) is 0 Å². The van der Waals surface area contributed by atoms with Crippen molar-refractivity contribution in [2.75, 3.05) is 5.32 Å². The van der Waals surface area contributed by atoms with E-state index in [1.165, 1.54) is 18.2 Å². The number of rotatable bonds is 4. The maximum atomic E-state index is 11.7. The molecule has 0 spiro atoms. The van der Waals surface area contributed by atoms with E-state index in [4.69, 9.17) is 22.4 Å². The fourth-order valence-corrected chi connectivity index (χ4v) is 1.55. The van der Waals surface area contributed by atoms with E-state index in [0.717, 1.165) is 0 Å². The second-order valence-corrected chi connectivity index (χ2v) is 4.73. The summed E-state index contributed by atoms with van der Waals surface area (Å²) >= 11 is 5.77. The van der Waals surface area contributed by atoms with Crippen LogP contribution in [-0.4, -0.2) is 23.0 Å². The van der Waals surface area contributed by atoms with Gasteiger partial charge in [0.1, 0.15) is 0 Å². The molecule has 0 bridgehead atoms. The first-order chi connectivity index (χ1) is 8.31. The zero-order valence-electron chi connectivity index (χ0n) is 10.1. The van der Waals surface area contributed by atoms with E-state index in [0.29, 0.717) is 5.69 Å². The van der Waals surface area contributed by atoms with Crippen molar-refractivity contribution in [1.82, 2.24) is 0 Å². The molecule has 6 heteroatoms. The van der Waals surface area contributed by atoms with Gasteiger partial charge in [-0.1, -0.05) is 25.4 Å². The maximum Gasteiger partial charge on any atom is 0.335 e. The van der Waals surface area contributed by atoms with Crippen LogP contribution in [0.2, 0.25) is 5.02 Å². The van der Waals surface area contributed by atoms with Crippen LogP contribution < -0.4 is 11.1 Å². The highest BCUT2D eigenvalue weighted by atomic mass is 35.5. The Morgan fingerprint density at radius 3 is 2.44 bits per heavy atom. The average molecular weight is 271 g/mol. The van der Waals surface area contributed by atoms with E-state index in [1.54, 1.807) is 0 Å². The Morgan fingerprint density at radius 1 is 1.33 bits per heavy atom. The fourth-order valence-electron chi connectivity index (χ4n) is 1.31. The molecule has 0 unspecified atom stereocenters. The molecular formula is C12H15ClN2O3. The topological polar surface area (TPSA) is 92.4 Å². The second kappa shape index (κ2) is 5.84. The molecule has 0 heterocycles. The van der Waals surface area contributed by atoms with Crippen molar-refractivity contribution in [3.05, 3.63) is 28.8 Å². The van der Waals surface area contributed by atoms with Gasteiger partial charge in [0.15, 0.2) is 0 Å². The number of anilines is 1. The Balaban J connectivity index is 2.91. The number of amides is 1. The van der Waals surface area contributed by atoms with Gasteiger partial charge in [0, 0.05) is 10.7 Å². The summed E-state index contributed by atoms with van der Waals surface area (Å²) in [5, 5.41) is 11.7. The van der Waals surface area contributed by atoms with E-state index in [-0.39, 0.29) is 22.4 Å². The van der Waals surface area contributed by atoms with Gasteiger partial charge in [0.25, 0.3) is 0 Å². The van der Waals surface area contributed by atoms with E-state index in [9.17, 15) is 9.59 Å². The van der Waals surface area contributed by atoms with Crippen molar-refractivity contribution < 1.29 is 14.7 Å². The molecule has 98 valence electrons. The van der Waals surface area contributed by atoms with Gasteiger partial charge in [0.2, 0.25) is 5.91 Å². The number of carbonyl (C=O) groups excluding carboxylic acids is 1. The number of carbonyl (C=O) groups is 2. The number of benzene rings is 1. The van der Waals surface area contributed by atoms with E-state index < -0.39 is 12.0 Å². The van der Waals surface area contributed by atoms with Gasteiger partial charge in [-0.3, -0.25) is 4.79 Å². The van der Waals surface area contributed by atoms with E-state index in [1.807, 2.05) is 13.8 Å². The van der Waals surface area contributed by atoms with Crippen LogP contribution >= 0.6 is 11.6 Å². The van der Waals surface area contributed by atoms with Crippen LogP contribution in [0.15, 0.2) is 18.2 Å². The van der Waals surface area contributed by atoms with Gasteiger partial charge >= 0.3 is 5.97 Å². The molecule has 0 saturated heterocycles. The number of halogens is 1. The highest BCUT2D eigenvalue weighted by Crippen LogP contribution is 2.19. The predicted octanol–water partition coefficient (Wildman–Crippen LogP) is 1.96.